The lowest BCUT2D eigenvalue weighted by Gasteiger charge is -2.15. The van der Waals surface area contributed by atoms with E-state index in [2.05, 4.69) is 24.6 Å². The van der Waals surface area contributed by atoms with Crippen LogP contribution < -0.4 is 10.5 Å². The van der Waals surface area contributed by atoms with E-state index in [0.29, 0.717) is 18.7 Å². The maximum Gasteiger partial charge on any atom is 0.333 e. The maximum atomic E-state index is 13.1. The summed E-state index contributed by atoms with van der Waals surface area (Å²) in [5.41, 5.74) is 1.30. The molecule has 168 valence electrons. The van der Waals surface area contributed by atoms with E-state index in [1.165, 1.54) is 12.5 Å². The molecule has 2 aromatic heterocycles. The SMILES string of the molecule is NS(=O)(=O)OC[C@H]1C[C@@H](Nc2ncncc2C(=O)c2ccn(-c3ccccc3)n2)C[C@@H]1O. The van der Waals surface area contributed by atoms with Gasteiger partial charge in [0.05, 0.1) is 24.0 Å². The van der Waals surface area contributed by atoms with E-state index in [0.717, 1.165) is 5.69 Å². The monoisotopic (exact) mass is 458 g/mol. The lowest BCUT2D eigenvalue weighted by molar-refractivity contribution is 0.101. The predicted molar refractivity (Wildman–Crippen MR) is 114 cm³/mol. The highest BCUT2D eigenvalue weighted by molar-refractivity contribution is 7.84. The quantitative estimate of drug-likeness (QED) is 0.412. The van der Waals surface area contributed by atoms with Gasteiger partial charge in [-0.2, -0.15) is 13.5 Å². The highest BCUT2D eigenvalue weighted by Crippen LogP contribution is 2.30. The fourth-order valence-corrected chi connectivity index (χ4v) is 4.06. The Kier molecular flexibility index (Phi) is 6.28. The van der Waals surface area contributed by atoms with Crippen LogP contribution in [0.3, 0.4) is 0 Å². The van der Waals surface area contributed by atoms with Crippen LogP contribution in [0.4, 0.5) is 5.82 Å². The van der Waals surface area contributed by atoms with Crippen molar-refractivity contribution in [3.8, 4) is 5.69 Å². The number of aliphatic hydroxyl groups excluding tert-OH is 1. The molecule has 0 unspecified atom stereocenters. The minimum Gasteiger partial charge on any atom is -0.393 e. The molecular weight excluding hydrogens is 436 g/mol. The summed E-state index contributed by atoms with van der Waals surface area (Å²) < 4.78 is 28.2. The number of carbonyl (C=O) groups is 1. The van der Waals surface area contributed by atoms with Crippen LogP contribution in [0.5, 0.6) is 0 Å². The third-order valence-electron chi connectivity index (χ3n) is 5.24. The fraction of sp³-hybridized carbons (Fsp3) is 0.300. The lowest BCUT2D eigenvalue weighted by Crippen LogP contribution is -2.24. The molecule has 3 atom stereocenters. The van der Waals surface area contributed by atoms with Crippen LogP contribution in [0.15, 0.2) is 55.1 Å². The van der Waals surface area contributed by atoms with Gasteiger partial charge in [-0.05, 0) is 31.0 Å². The van der Waals surface area contributed by atoms with Crippen LogP contribution >= 0.6 is 0 Å². The summed E-state index contributed by atoms with van der Waals surface area (Å²) in [5, 5.41) is 22.6. The molecule has 0 radical (unpaired) electrons. The number of rotatable bonds is 8. The zero-order chi connectivity index (χ0) is 22.7. The average molecular weight is 459 g/mol. The van der Waals surface area contributed by atoms with Crippen LogP contribution in [0.2, 0.25) is 0 Å². The zero-order valence-corrected chi connectivity index (χ0v) is 17.7. The van der Waals surface area contributed by atoms with E-state index in [4.69, 9.17) is 5.14 Å². The van der Waals surface area contributed by atoms with E-state index in [1.54, 1.807) is 16.9 Å². The third-order valence-corrected chi connectivity index (χ3v) is 5.71. The summed E-state index contributed by atoms with van der Waals surface area (Å²) in [6.45, 7) is -0.218. The topological polar surface area (TPSA) is 162 Å². The Morgan fingerprint density at radius 3 is 2.78 bits per heavy atom. The van der Waals surface area contributed by atoms with Crippen molar-refractivity contribution < 1.29 is 22.5 Å². The van der Waals surface area contributed by atoms with Crippen LogP contribution in [-0.4, -0.2) is 57.8 Å². The molecule has 1 aliphatic carbocycles. The molecule has 3 aromatic rings. The lowest BCUT2D eigenvalue weighted by atomic mass is 10.1. The van der Waals surface area contributed by atoms with Crippen LogP contribution in [0.1, 0.15) is 28.9 Å². The number of carbonyl (C=O) groups excluding carboxylic acids is 1. The van der Waals surface area contributed by atoms with Crippen molar-refractivity contribution in [2.24, 2.45) is 11.1 Å². The molecule has 0 aliphatic heterocycles. The first-order valence-corrected chi connectivity index (χ1v) is 11.3. The number of ketones is 1. The molecule has 0 bridgehead atoms. The first-order valence-electron chi connectivity index (χ1n) is 9.87. The van der Waals surface area contributed by atoms with E-state index in [1.807, 2.05) is 30.3 Å². The first-order chi connectivity index (χ1) is 15.3. The van der Waals surface area contributed by atoms with Crippen molar-refractivity contribution >= 4 is 21.9 Å². The molecular formula is C20H22N6O5S. The van der Waals surface area contributed by atoms with Gasteiger partial charge in [-0.15, -0.1) is 0 Å². The molecule has 0 saturated heterocycles. The van der Waals surface area contributed by atoms with E-state index < -0.39 is 22.3 Å². The van der Waals surface area contributed by atoms with Crippen molar-refractivity contribution in [2.75, 3.05) is 11.9 Å². The standard InChI is InChI=1S/C20H22N6O5S/c21-32(29,30)31-11-13-8-14(9-18(13)27)24-20-16(10-22-12-23-20)19(28)17-6-7-26(25-17)15-4-2-1-3-5-15/h1-7,10,12-14,18,27H,8-9,11H2,(H2,21,29,30)(H,22,23,24)/t13-,14-,18+/m1/s1. The minimum absolute atomic E-state index is 0.218. The van der Waals surface area contributed by atoms with Crippen molar-refractivity contribution in [3.63, 3.8) is 0 Å². The van der Waals surface area contributed by atoms with Gasteiger partial charge in [0.1, 0.15) is 17.8 Å². The molecule has 11 nitrogen and oxygen atoms in total. The molecule has 1 saturated carbocycles. The van der Waals surface area contributed by atoms with Gasteiger partial charge in [-0.3, -0.25) is 8.98 Å². The van der Waals surface area contributed by atoms with Gasteiger partial charge < -0.3 is 10.4 Å². The van der Waals surface area contributed by atoms with Crippen LogP contribution in [0.25, 0.3) is 5.69 Å². The molecule has 2 heterocycles. The van der Waals surface area contributed by atoms with Gasteiger partial charge in [0, 0.05) is 24.4 Å². The summed E-state index contributed by atoms with van der Waals surface area (Å²) in [6.07, 6.45) is 4.39. The number of nitrogens with two attached hydrogens (primary N) is 1. The van der Waals surface area contributed by atoms with E-state index in [-0.39, 0.29) is 29.7 Å². The van der Waals surface area contributed by atoms with Gasteiger partial charge in [-0.1, -0.05) is 18.2 Å². The second-order valence-electron chi connectivity index (χ2n) is 7.51. The number of aliphatic hydroxyl groups is 1. The maximum absolute atomic E-state index is 13.1. The molecule has 1 aromatic carbocycles. The smallest absolute Gasteiger partial charge is 0.333 e. The summed E-state index contributed by atoms with van der Waals surface area (Å²) in [6, 6.07) is 10.8. The Balaban J connectivity index is 1.48. The predicted octanol–water partition coefficient (Wildman–Crippen LogP) is 0.665. The summed E-state index contributed by atoms with van der Waals surface area (Å²) in [7, 11) is -4.08. The fourth-order valence-electron chi connectivity index (χ4n) is 3.69. The number of nitrogens with one attached hydrogen (secondary N) is 1. The molecule has 1 fully saturated rings. The van der Waals surface area contributed by atoms with Crippen LogP contribution in [0, 0.1) is 5.92 Å². The molecule has 4 N–H and O–H groups in total. The molecule has 0 amide bonds. The second-order valence-corrected chi connectivity index (χ2v) is 8.73. The van der Waals surface area contributed by atoms with Gasteiger partial charge in [-0.25, -0.2) is 19.8 Å². The van der Waals surface area contributed by atoms with Crippen LogP contribution in [-0.2, 0) is 14.5 Å². The largest absolute Gasteiger partial charge is 0.393 e. The van der Waals surface area contributed by atoms with Gasteiger partial charge >= 0.3 is 10.3 Å². The highest BCUT2D eigenvalue weighted by atomic mass is 32.2. The van der Waals surface area contributed by atoms with Crippen molar-refractivity contribution in [1.29, 1.82) is 0 Å². The summed E-state index contributed by atoms with van der Waals surface area (Å²) >= 11 is 0. The molecule has 0 spiro atoms. The Labute approximate surface area is 184 Å². The zero-order valence-electron chi connectivity index (χ0n) is 16.9. The number of aromatic nitrogens is 4. The highest BCUT2D eigenvalue weighted by Gasteiger charge is 2.34. The minimum atomic E-state index is -4.08. The number of para-hydroxylation sites is 1. The van der Waals surface area contributed by atoms with Crippen molar-refractivity contribution in [3.05, 3.63) is 66.4 Å². The van der Waals surface area contributed by atoms with Gasteiger partial charge in [0.25, 0.3) is 0 Å². The molecule has 4 rings (SSSR count). The first kappa shape index (κ1) is 22.0. The number of nitrogens with zero attached hydrogens (tertiary/aromatic N) is 4. The van der Waals surface area contributed by atoms with Crippen molar-refractivity contribution in [2.45, 2.75) is 25.0 Å². The Bertz CT molecular complexity index is 1200. The Hall–Kier alpha value is -3.19. The summed E-state index contributed by atoms with van der Waals surface area (Å²) in [4.78, 5) is 21.2. The second kappa shape index (κ2) is 9.12. The Morgan fingerprint density at radius 2 is 2.03 bits per heavy atom. The number of hydrogen-bond acceptors (Lipinski definition) is 9. The third kappa shape index (κ3) is 5.16. The summed E-state index contributed by atoms with van der Waals surface area (Å²) in [5.74, 6) is -0.465. The Morgan fingerprint density at radius 1 is 1.25 bits per heavy atom. The van der Waals surface area contributed by atoms with E-state index >= 15 is 0 Å². The molecule has 12 heteroatoms. The van der Waals surface area contributed by atoms with Gasteiger partial charge in [0.2, 0.25) is 5.78 Å². The normalized spacial score (nSPS) is 20.9. The number of hydrogen-bond donors (Lipinski definition) is 3. The number of anilines is 1. The average Bonchev–Trinajstić information content (AvgIpc) is 3.39. The number of benzene rings is 1. The van der Waals surface area contributed by atoms with Gasteiger partial charge in [0.15, 0.2) is 0 Å². The molecule has 1 aliphatic rings. The molecule has 32 heavy (non-hydrogen) atoms. The van der Waals surface area contributed by atoms with Crippen molar-refractivity contribution in [1.82, 2.24) is 19.7 Å². The van der Waals surface area contributed by atoms with E-state index in [9.17, 15) is 18.3 Å².